The molecule has 1 aromatic rings. The van der Waals surface area contributed by atoms with Crippen LogP contribution in [-0.2, 0) is 6.42 Å². The third-order valence-electron chi connectivity index (χ3n) is 3.57. The Morgan fingerprint density at radius 1 is 1.20 bits per heavy atom. The van der Waals surface area contributed by atoms with E-state index in [-0.39, 0.29) is 11.0 Å². The fourth-order valence-electron chi connectivity index (χ4n) is 2.57. The van der Waals surface area contributed by atoms with E-state index in [2.05, 4.69) is 42.0 Å². The van der Waals surface area contributed by atoms with Gasteiger partial charge in [-0.3, -0.25) is 0 Å². The lowest BCUT2D eigenvalue weighted by molar-refractivity contribution is 0.268. The summed E-state index contributed by atoms with van der Waals surface area (Å²) in [7, 11) is 0. The van der Waals surface area contributed by atoms with Gasteiger partial charge in [0.05, 0.1) is 4.47 Å². The lowest BCUT2D eigenvalue weighted by atomic mass is 9.79. The van der Waals surface area contributed by atoms with Gasteiger partial charge >= 0.3 is 0 Å². The minimum absolute atomic E-state index is 0.133. The van der Waals surface area contributed by atoms with Gasteiger partial charge < -0.3 is 5.32 Å². The Kier molecular flexibility index (Phi) is 7.10. The predicted octanol–water partition coefficient (Wildman–Crippen LogP) is 5.08. The first-order valence-corrected chi connectivity index (χ1v) is 8.06. The maximum Gasteiger partial charge on any atom is 0.143 e. The van der Waals surface area contributed by atoms with E-state index in [1.807, 2.05) is 0 Å². The second kappa shape index (κ2) is 8.08. The van der Waals surface area contributed by atoms with E-state index in [9.17, 15) is 8.78 Å². The molecule has 20 heavy (non-hydrogen) atoms. The molecule has 0 saturated heterocycles. The van der Waals surface area contributed by atoms with Gasteiger partial charge in [-0.25, -0.2) is 8.78 Å². The van der Waals surface area contributed by atoms with Crippen LogP contribution in [0.3, 0.4) is 0 Å². The number of halogens is 3. The molecule has 4 heteroatoms. The van der Waals surface area contributed by atoms with Crippen LogP contribution in [0.5, 0.6) is 0 Å². The number of benzene rings is 1. The van der Waals surface area contributed by atoms with E-state index in [0.29, 0.717) is 10.9 Å². The Morgan fingerprint density at radius 2 is 1.90 bits per heavy atom. The number of hydrogen-bond donors (Lipinski definition) is 1. The summed E-state index contributed by atoms with van der Waals surface area (Å²) in [5.74, 6) is -0.925. The van der Waals surface area contributed by atoms with Crippen molar-refractivity contribution in [3.05, 3.63) is 33.8 Å². The Balaban J connectivity index is 2.92. The molecule has 0 bridgehead atoms. The van der Waals surface area contributed by atoms with E-state index in [0.717, 1.165) is 32.4 Å². The molecule has 1 unspecified atom stereocenters. The fourth-order valence-corrected chi connectivity index (χ4v) is 2.94. The molecule has 0 saturated carbocycles. The summed E-state index contributed by atoms with van der Waals surface area (Å²) in [6, 6.07) is 2.75. The zero-order valence-electron chi connectivity index (χ0n) is 12.5. The second-order valence-electron chi connectivity index (χ2n) is 5.74. The quantitative estimate of drug-likeness (QED) is 0.511. The van der Waals surface area contributed by atoms with Gasteiger partial charge in [-0.1, -0.05) is 27.2 Å². The van der Waals surface area contributed by atoms with Crippen LogP contribution in [0, 0.1) is 17.0 Å². The summed E-state index contributed by atoms with van der Waals surface area (Å²) in [4.78, 5) is 0. The highest BCUT2D eigenvalue weighted by Crippen LogP contribution is 2.32. The van der Waals surface area contributed by atoms with Gasteiger partial charge in [0.25, 0.3) is 0 Å². The van der Waals surface area contributed by atoms with Crippen LogP contribution in [0.1, 0.15) is 45.6 Å². The summed E-state index contributed by atoms with van der Waals surface area (Å²) in [6.45, 7) is 8.02. The van der Waals surface area contributed by atoms with Crippen molar-refractivity contribution < 1.29 is 8.78 Å². The van der Waals surface area contributed by atoms with Gasteiger partial charge in [-0.05, 0) is 59.3 Å². The van der Waals surface area contributed by atoms with Crippen LogP contribution in [0.2, 0.25) is 0 Å². The first-order chi connectivity index (χ1) is 9.43. The van der Waals surface area contributed by atoms with Crippen LogP contribution in [0.4, 0.5) is 8.78 Å². The topological polar surface area (TPSA) is 12.0 Å². The van der Waals surface area contributed by atoms with Crippen molar-refractivity contribution in [2.75, 3.05) is 13.1 Å². The van der Waals surface area contributed by atoms with E-state index in [1.165, 1.54) is 12.1 Å². The molecule has 0 aliphatic carbocycles. The van der Waals surface area contributed by atoms with Crippen LogP contribution >= 0.6 is 15.9 Å². The SMILES string of the molecule is CCCNCC(C)(CCC)Cc1c(F)ccc(Br)c1F. The van der Waals surface area contributed by atoms with Crippen molar-refractivity contribution in [2.45, 2.75) is 46.5 Å². The fraction of sp³-hybridized carbons (Fsp3) is 0.625. The van der Waals surface area contributed by atoms with Crippen molar-refractivity contribution in [2.24, 2.45) is 5.41 Å². The van der Waals surface area contributed by atoms with Gasteiger partial charge in [0.15, 0.2) is 0 Å². The summed E-state index contributed by atoms with van der Waals surface area (Å²) < 4.78 is 28.4. The molecule has 1 rings (SSSR count). The summed E-state index contributed by atoms with van der Waals surface area (Å²) in [6.07, 6.45) is 3.41. The Labute approximate surface area is 129 Å². The highest BCUT2D eigenvalue weighted by molar-refractivity contribution is 9.10. The third-order valence-corrected chi connectivity index (χ3v) is 4.19. The molecular weight excluding hydrogens is 324 g/mol. The van der Waals surface area contributed by atoms with E-state index < -0.39 is 11.6 Å². The lowest BCUT2D eigenvalue weighted by Crippen LogP contribution is -2.34. The molecule has 1 atom stereocenters. The average Bonchev–Trinajstić information content (AvgIpc) is 2.40. The van der Waals surface area contributed by atoms with E-state index >= 15 is 0 Å². The molecule has 0 aromatic heterocycles. The van der Waals surface area contributed by atoms with Gasteiger partial charge in [0.1, 0.15) is 11.6 Å². The zero-order valence-corrected chi connectivity index (χ0v) is 14.1. The number of nitrogens with one attached hydrogen (secondary N) is 1. The first kappa shape index (κ1) is 17.6. The van der Waals surface area contributed by atoms with E-state index in [1.54, 1.807) is 0 Å². The highest BCUT2D eigenvalue weighted by Gasteiger charge is 2.27. The number of hydrogen-bond acceptors (Lipinski definition) is 1. The van der Waals surface area contributed by atoms with Crippen LogP contribution in [0.25, 0.3) is 0 Å². The second-order valence-corrected chi connectivity index (χ2v) is 6.59. The molecule has 0 fully saturated rings. The molecule has 0 aliphatic heterocycles. The molecule has 0 radical (unpaired) electrons. The predicted molar refractivity (Wildman–Crippen MR) is 83.9 cm³/mol. The molecule has 1 N–H and O–H groups in total. The monoisotopic (exact) mass is 347 g/mol. The molecule has 0 spiro atoms. The number of rotatable bonds is 8. The molecule has 0 heterocycles. The van der Waals surface area contributed by atoms with Crippen molar-refractivity contribution in [1.82, 2.24) is 5.32 Å². The molecule has 0 amide bonds. The van der Waals surface area contributed by atoms with Gasteiger partial charge in [0, 0.05) is 12.1 Å². The molecule has 1 aromatic carbocycles. The Bertz CT molecular complexity index is 437. The summed E-state index contributed by atoms with van der Waals surface area (Å²) in [5.41, 5.74) is 0.0560. The Hall–Kier alpha value is -0.480. The van der Waals surface area contributed by atoms with Crippen molar-refractivity contribution in [3.63, 3.8) is 0 Å². The van der Waals surface area contributed by atoms with Crippen molar-refractivity contribution in [1.29, 1.82) is 0 Å². The summed E-state index contributed by atoms with van der Waals surface area (Å²) in [5, 5.41) is 3.38. The van der Waals surface area contributed by atoms with Gasteiger partial charge in [0.2, 0.25) is 0 Å². The smallest absolute Gasteiger partial charge is 0.143 e. The average molecular weight is 348 g/mol. The standard InChI is InChI=1S/C16H24BrF2N/c1-4-8-16(3,11-20-9-5-2)10-12-14(18)7-6-13(17)15(12)19/h6-7,20H,4-5,8-11H2,1-3H3. The zero-order chi connectivity index (χ0) is 15.2. The van der Waals surface area contributed by atoms with Gasteiger partial charge in [-0.15, -0.1) is 0 Å². The van der Waals surface area contributed by atoms with Crippen LogP contribution in [0.15, 0.2) is 16.6 Å². The van der Waals surface area contributed by atoms with Gasteiger partial charge in [-0.2, -0.15) is 0 Å². The normalized spacial score (nSPS) is 14.3. The molecule has 1 nitrogen and oxygen atoms in total. The van der Waals surface area contributed by atoms with Crippen molar-refractivity contribution in [3.8, 4) is 0 Å². The minimum atomic E-state index is -0.470. The third kappa shape index (κ3) is 4.81. The van der Waals surface area contributed by atoms with Crippen molar-refractivity contribution >= 4 is 15.9 Å². The highest BCUT2D eigenvalue weighted by atomic mass is 79.9. The summed E-state index contributed by atoms with van der Waals surface area (Å²) >= 11 is 3.13. The molecule has 0 aliphatic rings. The maximum absolute atomic E-state index is 14.1. The largest absolute Gasteiger partial charge is 0.316 e. The van der Waals surface area contributed by atoms with Crippen LogP contribution < -0.4 is 5.32 Å². The maximum atomic E-state index is 14.1. The lowest BCUT2D eigenvalue weighted by Gasteiger charge is -2.30. The minimum Gasteiger partial charge on any atom is -0.316 e. The molecular formula is C16H24BrF2N. The molecule has 114 valence electrons. The first-order valence-electron chi connectivity index (χ1n) is 7.26. The van der Waals surface area contributed by atoms with E-state index in [4.69, 9.17) is 0 Å². The van der Waals surface area contributed by atoms with Crippen LogP contribution in [-0.4, -0.2) is 13.1 Å². The Morgan fingerprint density at radius 3 is 2.50 bits per heavy atom.